The Kier molecular flexibility index (Phi) is 3.41. The van der Waals surface area contributed by atoms with Gasteiger partial charge in [-0.15, -0.1) is 0 Å². The van der Waals surface area contributed by atoms with Crippen LogP contribution in [0, 0.1) is 5.92 Å². The predicted octanol–water partition coefficient (Wildman–Crippen LogP) is 1.81. The quantitative estimate of drug-likeness (QED) is 0.356. The van der Waals surface area contributed by atoms with Gasteiger partial charge in [-0.25, -0.2) is 4.79 Å². The van der Waals surface area contributed by atoms with Crippen molar-refractivity contribution in [2.24, 2.45) is 5.92 Å². The van der Waals surface area contributed by atoms with E-state index in [0.717, 1.165) is 0 Å². The third-order valence-electron chi connectivity index (χ3n) is 2.47. The number of carbonyl (C=O) groups excluding carboxylic acids is 1. The Labute approximate surface area is 94.3 Å². The summed E-state index contributed by atoms with van der Waals surface area (Å²) in [6, 6.07) is 6.61. The fourth-order valence-corrected chi connectivity index (χ4v) is 1.30. The van der Waals surface area contributed by atoms with E-state index < -0.39 is 0 Å². The van der Waals surface area contributed by atoms with E-state index in [0.29, 0.717) is 23.8 Å². The van der Waals surface area contributed by atoms with Crippen molar-refractivity contribution < 1.29 is 14.3 Å². The third kappa shape index (κ3) is 3.24. The van der Waals surface area contributed by atoms with Gasteiger partial charge < -0.3 is 15.2 Å². The van der Waals surface area contributed by atoms with E-state index in [1.807, 2.05) is 0 Å². The van der Waals surface area contributed by atoms with Gasteiger partial charge in [0.25, 0.3) is 0 Å². The van der Waals surface area contributed by atoms with Gasteiger partial charge in [0, 0.05) is 5.69 Å². The zero-order valence-corrected chi connectivity index (χ0v) is 9.02. The lowest BCUT2D eigenvalue weighted by Gasteiger charge is -2.05. The summed E-state index contributed by atoms with van der Waals surface area (Å²) in [4.78, 5) is 11.5. The summed E-state index contributed by atoms with van der Waals surface area (Å²) >= 11 is 0. The maximum atomic E-state index is 11.5. The fourth-order valence-electron chi connectivity index (χ4n) is 1.30. The molecule has 2 N–H and O–H groups in total. The first-order valence-corrected chi connectivity index (χ1v) is 5.36. The van der Waals surface area contributed by atoms with Gasteiger partial charge in [0.1, 0.15) is 0 Å². The summed E-state index contributed by atoms with van der Waals surface area (Å²) in [7, 11) is 0. The van der Waals surface area contributed by atoms with Gasteiger partial charge in [-0.05, 0) is 43.0 Å². The Bertz CT molecular complexity index is 357. The highest BCUT2D eigenvalue weighted by Crippen LogP contribution is 2.28. The number of hydrogen-bond donors (Lipinski definition) is 1. The minimum atomic E-state index is -0.379. The summed E-state index contributed by atoms with van der Waals surface area (Å²) in [5, 5.41) is 0. The summed E-state index contributed by atoms with van der Waals surface area (Å²) in [5.41, 5.74) is 6.63. The SMILES string of the molecule is Nc1ccc(C(=O)OCOCC2CC2)cc1. The number of nitrogens with two attached hydrogens (primary N) is 1. The molecule has 0 aliphatic heterocycles. The highest BCUT2D eigenvalue weighted by atomic mass is 16.7. The Balaban J connectivity index is 1.71. The predicted molar refractivity (Wildman–Crippen MR) is 59.8 cm³/mol. The molecule has 4 nitrogen and oxygen atoms in total. The molecule has 0 saturated heterocycles. The van der Waals surface area contributed by atoms with Gasteiger partial charge in [0.15, 0.2) is 6.79 Å². The van der Waals surface area contributed by atoms with Crippen LogP contribution in [0.5, 0.6) is 0 Å². The molecule has 1 fully saturated rings. The lowest BCUT2D eigenvalue weighted by molar-refractivity contribution is -0.0344. The molecule has 1 aromatic rings. The molecule has 0 aromatic heterocycles. The number of hydrogen-bond acceptors (Lipinski definition) is 4. The second-order valence-electron chi connectivity index (χ2n) is 3.99. The van der Waals surface area contributed by atoms with Crippen molar-refractivity contribution in [3.05, 3.63) is 29.8 Å². The summed E-state index contributed by atoms with van der Waals surface area (Å²) in [6.07, 6.45) is 2.46. The van der Waals surface area contributed by atoms with E-state index in [1.165, 1.54) is 12.8 Å². The minimum Gasteiger partial charge on any atom is -0.435 e. The molecule has 0 heterocycles. The van der Waals surface area contributed by atoms with E-state index in [9.17, 15) is 4.79 Å². The average molecular weight is 221 g/mol. The van der Waals surface area contributed by atoms with E-state index in [4.69, 9.17) is 15.2 Å². The zero-order chi connectivity index (χ0) is 11.4. The fraction of sp³-hybridized carbons (Fsp3) is 0.417. The highest BCUT2D eigenvalue weighted by Gasteiger charge is 2.21. The van der Waals surface area contributed by atoms with Crippen molar-refractivity contribution in [3.63, 3.8) is 0 Å². The van der Waals surface area contributed by atoms with E-state index >= 15 is 0 Å². The molecule has 0 atom stereocenters. The minimum absolute atomic E-state index is 0.0275. The Hall–Kier alpha value is -1.55. The molecule has 1 saturated carbocycles. The van der Waals surface area contributed by atoms with Gasteiger partial charge >= 0.3 is 5.97 Å². The van der Waals surface area contributed by atoms with E-state index in [1.54, 1.807) is 24.3 Å². The van der Waals surface area contributed by atoms with E-state index in [2.05, 4.69) is 0 Å². The van der Waals surface area contributed by atoms with Crippen LogP contribution in [0.25, 0.3) is 0 Å². The standard InChI is InChI=1S/C12H15NO3/c13-11-5-3-10(4-6-11)12(14)16-8-15-7-9-1-2-9/h3-6,9H,1-2,7-8,13H2. The van der Waals surface area contributed by atoms with Crippen LogP contribution in [0.3, 0.4) is 0 Å². The summed E-state index contributed by atoms with van der Waals surface area (Å²) in [6.45, 7) is 0.717. The van der Waals surface area contributed by atoms with Crippen LogP contribution in [0.4, 0.5) is 5.69 Å². The lowest BCUT2D eigenvalue weighted by atomic mass is 10.2. The highest BCUT2D eigenvalue weighted by molar-refractivity contribution is 5.89. The molecule has 1 aliphatic rings. The number of nitrogen functional groups attached to an aromatic ring is 1. The molecule has 0 unspecified atom stereocenters. The van der Waals surface area contributed by atoms with Crippen molar-refractivity contribution in [1.82, 2.24) is 0 Å². The van der Waals surface area contributed by atoms with Crippen molar-refractivity contribution in [2.45, 2.75) is 12.8 Å². The van der Waals surface area contributed by atoms with Gasteiger partial charge in [-0.3, -0.25) is 0 Å². The number of ether oxygens (including phenoxy) is 2. The Morgan fingerprint density at radius 3 is 2.62 bits per heavy atom. The molecular formula is C12H15NO3. The molecule has 16 heavy (non-hydrogen) atoms. The van der Waals surface area contributed by atoms with Crippen LogP contribution in [-0.2, 0) is 9.47 Å². The first kappa shape index (κ1) is 11.0. The number of carbonyl (C=O) groups is 1. The number of anilines is 1. The normalized spacial score (nSPS) is 14.8. The molecule has 0 bridgehead atoms. The van der Waals surface area contributed by atoms with Crippen molar-refractivity contribution in [2.75, 3.05) is 19.1 Å². The molecule has 4 heteroatoms. The van der Waals surface area contributed by atoms with Crippen molar-refractivity contribution in [1.29, 1.82) is 0 Å². The second-order valence-corrected chi connectivity index (χ2v) is 3.99. The van der Waals surface area contributed by atoms with Crippen molar-refractivity contribution in [3.8, 4) is 0 Å². The zero-order valence-electron chi connectivity index (χ0n) is 9.02. The molecule has 0 spiro atoms. The maximum absolute atomic E-state index is 11.5. The van der Waals surface area contributed by atoms with Crippen LogP contribution in [0.1, 0.15) is 23.2 Å². The topological polar surface area (TPSA) is 61.6 Å². The van der Waals surface area contributed by atoms with Crippen LogP contribution >= 0.6 is 0 Å². The largest absolute Gasteiger partial charge is 0.435 e. The van der Waals surface area contributed by atoms with Gasteiger partial charge in [-0.2, -0.15) is 0 Å². The number of benzene rings is 1. The van der Waals surface area contributed by atoms with Crippen LogP contribution in [0.2, 0.25) is 0 Å². The lowest BCUT2D eigenvalue weighted by Crippen LogP contribution is -2.10. The monoisotopic (exact) mass is 221 g/mol. The van der Waals surface area contributed by atoms with Gasteiger partial charge in [0.2, 0.25) is 0 Å². The Morgan fingerprint density at radius 2 is 2.00 bits per heavy atom. The number of rotatable bonds is 5. The smallest absolute Gasteiger partial charge is 0.340 e. The molecule has 2 rings (SSSR count). The summed E-state index contributed by atoms with van der Waals surface area (Å²) < 4.78 is 10.1. The van der Waals surface area contributed by atoms with Gasteiger partial charge in [-0.1, -0.05) is 0 Å². The summed E-state index contributed by atoms with van der Waals surface area (Å²) in [5.74, 6) is 0.297. The molecular weight excluding hydrogens is 206 g/mol. The maximum Gasteiger partial charge on any atom is 0.340 e. The first-order valence-electron chi connectivity index (χ1n) is 5.36. The second kappa shape index (κ2) is 4.99. The van der Waals surface area contributed by atoms with Crippen LogP contribution in [0.15, 0.2) is 24.3 Å². The molecule has 1 aromatic carbocycles. The molecule has 0 radical (unpaired) electrons. The average Bonchev–Trinajstić information content (AvgIpc) is 3.09. The molecule has 1 aliphatic carbocycles. The van der Waals surface area contributed by atoms with Crippen LogP contribution in [-0.4, -0.2) is 19.4 Å². The molecule has 0 amide bonds. The third-order valence-corrected chi connectivity index (χ3v) is 2.47. The first-order chi connectivity index (χ1) is 7.75. The van der Waals surface area contributed by atoms with Gasteiger partial charge in [0.05, 0.1) is 12.2 Å². The van der Waals surface area contributed by atoms with Crippen LogP contribution < -0.4 is 5.73 Å². The number of esters is 1. The van der Waals surface area contributed by atoms with Crippen molar-refractivity contribution >= 4 is 11.7 Å². The van der Waals surface area contributed by atoms with E-state index in [-0.39, 0.29) is 12.8 Å². The Morgan fingerprint density at radius 1 is 1.31 bits per heavy atom. The molecule has 86 valence electrons.